The van der Waals surface area contributed by atoms with Crippen molar-refractivity contribution in [1.82, 2.24) is 4.90 Å². The molecule has 3 rings (SSSR count). The molecule has 1 aliphatic heterocycles. The molecule has 0 spiro atoms. The van der Waals surface area contributed by atoms with Crippen molar-refractivity contribution in [2.45, 2.75) is 6.54 Å². The smallest absolute Gasteiger partial charge is 0.256 e. The van der Waals surface area contributed by atoms with Crippen molar-refractivity contribution in [1.29, 1.82) is 0 Å². The maximum Gasteiger partial charge on any atom is 0.256 e. The molecule has 0 aliphatic carbocycles. The summed E-state index contributed by atoms with van der Waals surface area (Å²) in [5.74, 6) is -0.147. The third-order valence-electron chi connectivity index (χ3n) is 3.96. The van der Waals surface area contributed by atoms with Crippen LogP contribution in [-0.4, -0.2) is 37.5 Å². The molecule has 1 heterocycles. The molecule has 25 heavy (non-hydrogen) atoms. The molecule has 6 nitrogen and oxygen atoms in total. The molecule has 7 heteroatoms. The number of rotatable bonds is 4. The molecule has 0 saturated carbocycles. The van der Waals surface area contributed by atoms with Crippen molar-refractivity contribution in [3.05, 3.63) is 53.3 Å². The number of carbonyl (C=O) groups excluding carboxylic acids is 2. The standard InChI is InChI=1S/C18H17FN2O4/c1-24-13-5-3-11(16(8-13)25-2)9-21-10-17(22)20-15-6-4-12(19)7-14(15)18(21)23/h3-8H,9-10H2,1-2H3,(H,20,22). The second-order valence-corrected chi connectivity index (χ2v) is 5.58. The van der Waals surface area contributed by atoms with Gasteiger partial charge < -0.3 is 19.7 Å². The Hall–Kier alpha value is -3.09. The van der Waals surface area contributed by atoms with Crippen LogP contribution < -0.4 is 14.8 Å². The maximum absolute atomic E-state index is 13.5. The Morgan fingerprint density at radius 1 is 1.12 bits per heavy atom. The van der Waals surface area contributed by atoms with Gasteiger partial charge in [0.15, 0.2) is 0 Å². The molecular formula is C18H17FN2O4. The number of benzene rings is 2. The molecule has 0 unspecified atom stereocenters. The Bertz CT molecular complexity index is 838. The number of nitrogens with zero attached hydrogens (tertiary/aromatic N) is 1. The van der Waals surface area contributed by atoms with Gasteiger partial charge in [-0.3, -0.25) is 9.59 Å². The van der Waals surface area contributed by atoms with Gasteiger partial charge in [-0.1, -0.05) is 0 Å². The van der Waals surface area contributed by atoms with Crippen molar-refractivity contribution >= 4 is 17.5 Å². The lowest BCUT2D eigenvalue weighted by atomic mass is 10.1. The molecule has 0 fully saturated rings. The zero-order valence-corrected chi connectivity index (χ0v) is 13.8. The average molecular weight is 344 g/mol. The maximum atomic E-state index is 13.5. The lowest BCUT2D eigenvalue weighted by Crippen LogP contribution is -2.34. The monoisotopic (exact) mass is 344 g/mol. The SMILES string of the molecule is COc1ccc(CN2CC(=O)Nc3ccc(F)cc3C2=O)c(OC)c1. The Morgan fingerprint density at radius 3 is 2.64 bits per heavy atom. The largest absolute Gasteiger partial charge is 0.497 e. The highest BCUT2D eigenvalue weighted by atomic mass is 19.1. The van der Waals surface area contributed by atoms with Crippen LogP contribution >= 0.6 is 0 Å². The van der Waals surface area contributed by atoms with Crippen molar-refractivity contribution in [2.75, 3.05) is 26.1 Å². The number of methoxy groups -OCH3 is 2. The van der Waals surface area contributed by atoms with E-state index in [0.29, 0.717) is 22.7 Å². The number of hydrogen-bond acceptors (Lipinski definition) is 4. The van der Waals surface area contributed by atoms with Gasteiger partial charge in [0.05, 0.1) is 32.0 Å². The van der Waals surface area contributed by atoms with E-state index in [9.17, 15) is 14.0 Å². The Morgan fingerprint density at radius 2 is 1.92 bits per heavy atom. The number of fused-ring (bicyclic) bond motifs is 1. The molecule has 130 valence electrons. The predicted molar refractivity (Wildman–Crippen MR) is 89.3 cm³/mol. The van der Waals surface area contributed by atoms with Crippen LogP contribution in [0.5, 0.6) is 11.5 Å². The van der Waals surface area contributed by atoms with Crippen LogP contribution in [0, 0.1) is 5.82 Å². The van der Waals surface area contributed by atoms with Gasteiger partial charge in [-0.15, -0.1) is 0 Å². The van der Waals surface area contributed by atoms with Crippen LogP contribution in [0.3, 0.4) is 0 Å². The zero-order valence-electron chi connectivity index (χ0n) is 13.8. The average Bonchev–Trinajstić information content (AvgIpc) is 2.72. The first-order valence-corrected chi connectivity index (χ1v) is 7.61. The second-order valence-electron chi connectivity index (χ2n) is 5.58. The van der Waals surface area contributed by atoms with Gasteiger partial charge in [-0.05, 0) is 30.3 Å². The summed E-state index contributed by atoms with van der Waals surface area (Å²) in [5.41, 5.74) is 1.14. The van der Waals surface area contributed by atoms with Gasteiger partial charge in [-0.25, -0.2) is 4.39 Å². The van der Waals surface area contributed by atoms with Gasteiger partial charge in [0.25, 0.3) is 5.91 Å². The summed E-state index contributed by atoms with van der Waals surface area (Å²) in [6.07, 6.45) is 0. The van der Waals surface area contributed by atoms with E-state index in [-0.39, 0.29) is 24.6 Å². The Labute approximate surface area is 144 Å². The lowest BCUT2D eigenvalue weighted by molar-refractivity contribution is -0.116. The molecule has 0 bridgehead atoms. The van der Waals surface area contributed by atoms with Crippen LogP contribution in [0.25, 0.3) is 0 Å². The van der Waals surface area contributed by atoms with Crippen LogP contribution in [0.2, 0.25) is 0 Å². The van der Waals surface area contributed by atoms with Crippen molar-refractivity contribution in [3.8, 4) is 11.5 Å². The first-order valence-electron chi connectivity index (χ1n) is 7.61. The van der Waals surface area contributed by atoms with Crippen LogP contribution in [0.1, 0.15) is 15.9 Å². The minimum absolute atomic E-state index is 0.123. The summed E-state index contributed by atoms with van der Waals surface area (Å²) in [6, 6.07) is 8.92. The summed E-state index contributed by atoms with van der Waals surface area (Å²) in [6.45, 7) is 0.0136. The fraction of sp³-hybridized carbons (Fsp3) is 0.222. The predicted octanol–water partition coefficient (Wildman–Crippen LogP) is 2.44. The van der Waals surface area contributed by atoms with Gasteiger partial charge >= 0.3 is 0 Å². The number of anilines is 1. The highest BCUT2D eigenvalue weighted by molar-refractivity contribution is 6.08. The van der Waals surface area contributed by atoms with Gasteiger partial charge in [0.1, 0.15) is 23.9 Å². The molecule has 1 N–H and O–H groups in total. The number of carbonyl (C=O) groups is 2. The van der Waals surface area contributed by atoms with E-state index in [1.807, 2.05) is 0 Å². The Balaban J connectivity index is 1.94. The lowest BCUT2D eigenvalue weighted by Gasteiger charge is -2.21. The summed E-state index contributed by atoms with van der Waals surface area (Å²) in [5, 5.41) is 2.62. The molecule has 2 amide bonds. The minimum Gasteiger partial charge on any atom is -0.497 e. The highest BCUT2D eigenvalue weighted by Gasteiger charge is 2.27. The molecular weight excluding hydrogens is 327 g/mol. The zero-order chi connectivity index (χ0) is 18.0. The van der Waals surface area contributed by atoms with E-state index in [2.05, 4.69) is 5.32 Å². The quantitative estimate of drug-likeness (QED) is 0.925. The third kappa shape index (κ3) is 3.40. The topological polar surface area (TPSA) is 67.9 Å². The van der Waals surface area contributed by atoms with Gasteiger partial charge in [-0.2, -0.15) is 0 Å². The molecule has 2 aromatic carbocycles. The number of hydrogen-bond donors (Lipinski definition) is 1. The summed E-state index contributed by atoms with van der Waals surface area (Å²) in [4.78, 5) is 26.2. The summed E-state index contributed by atoms with van der Waals surface area (Å²) >= 11 is 0. The van der Waals surface area contributed by atoms with E-state index in [4.69, 9.17) is 9.47 Å². The fourth-order valence-corrected chi connectivity index (χ4v) is 2.72. The summed E-state index contributed by atoms with van der Waals surface area (Å²) in [7, 11) is 3.06. The molecule has 2 aromatic rings. The number of halogens is 1. The van der Waals surface area contributed by atoms with E-state index in [0.717, 1.165) is 6.07 Å². The van der Waals surface area contributed by atoms with Crippen LogP contribution in [0.4, 0.5) is 10.1 Å². The van der Waals surface area contributed by atoms with Crippen molar-refractivity contribution in [2.24, 2.45) is 0 Å². The number of amides is 2. The van der Waals surface area contributed by atoms with E-state index in [1.54, 1.807) is 25.3 Å². The molecule has 0 saturated heterocycles. The van der Waals surface area contributed by atoms with Gasteiger partial charge in [0, 0.05) is 11.6 Å². The number of nitrogens with one attached hydrogen (secondary N) is 1. The highest BCUT2D eigenvalue weighted by Crippen LogP contribution is 2.28. The van der Waals surface area contributed by atoms with Crippen LogP contribution in [-0.2, 0) is 11.3 Å². The number of ether oxygens (including phenoxy) is 2. The molecule has 0 atom stereocenters. The summed E-state index contributed by atoms with van der Waals surface area (Å²) < 4.78 is 24.0. The van der Waals surface area contributed by atoms with Crippen molar-refractivity contribution in [3.63, 3.8) is 0 Å². The second kappa shape index (κ2) is 6.80. The van der Waals surface area contributed by atoms with Crippen molar-refractivity contribution < 1.29 is 23.5 Å². The minimum atomic E-state index is -0.537. The molecule has 1 aliphatic rings. The Kier molecular flexibility index (Phi) is 4.56. The first-order chi connectivity index (χ1) is 12.0. The third-order valence-corrected chi connectivity index (χ3v) is 3.96. The fourth-order valence-electron chi connectivity index (χ4n) is 2.72. The first kappa shape index (κ1) is 16.8. The van der Waals surface area contributed by atoms with E-state index < -0.39 is 11.7 Å². The normalized spacial score (nSPS) is 13.8. The molecule has 0 aromatic heterocycles. The van der Waals surface area contributed by atoms with Crippen LogP contribution in [0.15, 0.2) is 36.4 Å². The van der Waals surface area contributed by atoms with E-state index >= 15 is 0 Å². The van der Waals surface area contributed by atoms with E-state index in [1.165, 1.54) is 24.1 Å². The molecule has 0 radical (unpaired) electrons. The van der Waals surface area contributed by atoms with Gasteiger partial charge in [0.2, 0.25) is 5.91 Å².